The van der Waals surface area contributed by atoms with Crippen molar-refractivity contribution in [1.29, 1.82) is 0 Å². The van der Waals surface area contributed by atoms with Gasteiger partial charge in [0.15, 0.2) is 0 Å². The van der Waals surface area contributed by atoms with Crippen molar-refractivity contribution in [3.05, 3.63) is 53.6 Å². The van der Waals surface area contributed by atoms with Crippen molar-refractivity contribution >= 4 is 17.4 Å². The highest BCUT2D eigenvalue weighted by atomic mass is 16.5. The number of hydrazone groups is 1. The number of urea groups is 1. The minimum atomic E-state index is -0.343. The van der Waals surface area contributed by atoms with E-state index >= 15 is 0 Å². The summed E-state index contributed by atoms with van der Waals surface area (Å²) in [7, 11) is 4.76. The van der Waals surface area contributed by atoms with Crippen LogP contribution in [0.25, 0.3) is 0 Å². The Balaban J connectivity index is 1.46. The van der Waals surface area contributed by atoms with Crippen LogP contribution in [0.1, 0.15) is 36.4 Å². The van der Waals surface area contributed by atoms with E-state index in [-0.39, 0.29) is 12.1 Å². The van der Waals surface area contributed by atoms with Gasteiger partial charge < -0.3 is 14.4 Å². The number of hydrogen-bond donors (Lipinski definition) is 1. The molecule has 5 rings (SSSR count). The van der Waals surface area contributed by atoms with E-state index < -0.39 is 0 Å². The quantitative estimate of drug-likeness (QED) is 0.538. The van der Waals surface area contributed by atoms with Crippen LogP contribution in [0, 0.1) is 11.8 Å². The molecule has 2 amide bonds. The number of carbonyl (C=O) groups is 1. The van der Waals surface area contributed by atoms with Crippen molar-refractivity contribution in [2.45, 2.75) is 31.7 Å². The summed E-state index contributed by atoms with van der Waals surface area (Å²) in [5, 5.41) is 17.6. The molecule has 8 heteroatoms. The van der Waals surface area contributed by atoms with E-state index in [1.54, 1.807) is 19.1 Å². The molecule has 1 N–H and O–H groups in total. The number of aryl methyl sites for hydroxylation is 1. The van der Waals surface area contributed by atoms with Crippen LogP contribution in [0.15, 0.2) is 47.6 Å². The fourth-order valence-corrected chi connectivity index (χ4v) is 5.68. The lowest BCUT2D eigenvalue weighted by Crippen LogP contribution is -2.45. The van der Waals surface area contributed by atoms with Gasteiger partial charge in [0.2, 0.25) is 0 Å². The number of fused-ring (bicyclic) bond motifs is 3. The number of piperidine rings is 1. The Kier molecular flexibility index (Phi) is 6.08. The number of amides is 2. The average Bonchev–Trinajstić information content (AvgIpc) is 3.28. The standard InChI is InChI=1S/C26H32N4O4/c1-28(32)26(31)29-14-12-17(13-15-29)24-23-10-4-18-16-21(34-3)9-11-22(18)25(23)30(27-24)19-5-7-20(33-2)8-6-19/h5-9,11,16-17,23,25,32H,4,10,12-15H2,1-3H3. The molecule has 0 radical (unpaired) electrons. The summed E-state index contributed by atoms with van der Waals surface area (Å²) in [6, 6.07) is 14.3. The smallest absolute Gasteiger partial charge is 0.343 e. The van der Waals surface area contributed by atoms with Crippen LogP contribution in [-0.4, -0.2) is 61.3 Å². The van der Waals surface area contributed by atoms with Crippen LogP contribution in [-0.2, 0) is 6.42 Å². The van der Waals surface area contributed by atoms with E-state index in [2.05, 4.69) is 29.3 Å². The normalized spacial score (nSPS) is 22.1. The maximum atomic E-state index is 12.2. The highest BCUT2D eigenvalue weighted by Gasteiger charge is 2.45. The summed E-state index contributed by atoms with van der Waals surface area (Å²) in [6.45, 7) is 1.25. The van der Waals surface area contributed by atoms with Crippen molar-refractivity contribution < 1.29 is 19.5 Å². The average molecular weight is 465 g/mol. The topological polar surface area (TPSA) is 77.8 Å². The van der Waals surface area contributed by atoms with Crippen molar-refractivity contribution in [2.24, 2.45) is 16.9 Å². The van der Waals surface area contributed by atoms with E-state index in [0.29, 0.717) is 30.0 Å². The van der Waals surface area contributed by atoms with Gasteiger partial charge in [0.25, 0.3) is 0 Å². The minimum absolute atomic E-state index is 0.140. The van der Waals surface area contributed by atoms with Crippen molar-refractivity contribution in [2.75, 3.05) is 39.4 Å². The third-order valence-electron chi connectivity index (χ3n) is 7.44. The SMILES string of the molecule is COc1ccc(N2N=C(C3CCN(C(=O)N(C)O)CC3)C3CCc4cc(OC)ccc4C32)cc1. The molecule has 34 heavy (non-hydrogen) atoms. The number of nitrogens with zero attached hydrogens (tertiary/aromatic N) is 4. The molecule has 1 saturated heterocycles. The zero-order valence-corrected chi connectivity index (χ0v) is 20.0. The predicted octanol–water partition coefficient (Wildman–Crippen LogP) is 4.34. The highest BCUT2D eigenvalue weighted by molar-refractivity contribution is 5.94. The maximum Gasteiger partial charge on any atom is 0.343 e. The molecular formula is C26H32N4O4. The molecule has 2 aromatic carbocycles. The summed E-state index contributed by atoms with van der Waals surface area (Å²) < 4.78 is 10.8. The number of likely N-dealkylation sites (tertiary alicyclic amines) is 1. The molecular weight excluding hydrogens is 432 g/mol. The first-order valence-corrected chi connectivity index (χ1v) is 11.9. The van der Waals surface area contributed by atoms with Crippen LogP contribution in [0.4, 0.5) is 10.5 Å². The van der Waals surface area contributed by atoms with Gasteiger partial charge in [-0.05, 0) is 73.2 Å². The van der Waals surface area contributed by atoms with E-state index in [1.165, 1.54) is 23.9 Å². The molecule has 3 aliphatic rings. The van der Waals surface area contributed by atoms with Crippen LogP contribution in [0.5, 0.6) is 11.5 Å². The van der Waals surface area contributed by atoms with Crippen LogP contribution < -0.4 is 14.5 Å². The predicted molar refractivity (Wildman–Crippen MR) is 130 cm³/mol. The van der Waals surface area contributed by atoms with Gasteiger partial charge in [-0.3, -0.25) is 10.2 Å². The van der Waals surface area contributed by atoms with Crippen molar-refractivity contribution in [1.82, 2.24) is 9.96 Å². The molecule has 2 heterocycles. The number of anilines is 1. The lowest BCUT2D eigenvalue weighted by Gasteiger charge is -2.36. The van der Waals surface area contributed by atoms with Crippen LogP contribution >= 0.6 is 0 Å². The third kappa shape index (κ3) is 3.96. The van der Waals surface area contributed by atoms with Gasteiger partial charge in [-0.25, -0.2) is 9.86 Å². The Bertz CT molecular complexity index is 1080. The third-order valence-corrected chi connectivity index (χ3v) is 7.44. The number of carbonyl (C=O) groups excluding carboxylic acids is 1. The lowest BCUT2D eigenvalue weighted by molar-refractivity contribution is -0.0358. The molecule has 8 nitrogen and oxygen atoms in total. The maximum absolute atomic E-state index is 12.2. The van der Waals surface area contributed by atoms with Crippen LogP contribution in [0.2, 0.25) is 0 Å². The van der Waals surface area contributed by atoms with Crippen molar-refractivity contribution in [3.8, 4) is 11.5 Å². The molecule has 2 unspecified atom stereocenters. The first-order valence-electron chi connectivity index (χ1n) is 11.9. The van der Waals surface area contributed by atoms with Gasteiger partial charge in [0, 0.05) is 37.7 Å². The van der Waals surface area contributed by atoms with Gasteiger partial charge in [-0.2, -0.15) is 5.10 Å². The number of hydroxylamine groups is 2. The minimum Gasteiger partial charge on any atom is -0.497 e. The molecule has 0 aromatic heterocycles. The first-order chi connectivity index (χ1) is 16.5. The molecule has 2 atom stereocenters. The molecule has 0 saturated carbocycles. The Morgan fingerprint density at radius 1 is 1.03 bits per heavy atom. The van der Waals surface area contributed by atoms with E-state index in [1.807, 2.05) is 18.2 Å². The zero-order valence-electron chi connectivity index (χ0n) is 20.0. The van der Waals surface area contributed by atoms with E-state index in [0.717, 1.165) is 42.9 Å². The van der Waals surface area contributed by atoms with Crippen LogP contribution in [0.3, 0.4) is 0 Å². The van der Waals surface area contributed by atoms with Gasteiger partial charge in [-0.1, -0.05) is 6.07 Å². The largest absolute Gasteiger partial charge is 0.497 e. The van der Waals surface area contributed by atoms with E-state index in [9.17, 15) is 10.0 Å². The molecule has 2 aliphatic heterocycles. The molecule has 2 aromatic rings. The molecule has 1 fully saturated rings. The number of benzene rings is 2. The summed E-state index contributed by atoms with van der Waals surface area (Å²) in [5.41, 5.74) is 4.92. The second-order valence-electron chi connectivity index (χ2n) is 9.29. The van der Waals surface area contributed by atoms with Gasteiger partial charge >= 0.3 is 6.03 Å². The number of rotatable bonds is 4. The van der Waals surface area contributed by atoms with Gasteiger partial charge in [0.1, 0.15) is 11.5 Å². The second kappa shape index (κ2) is 9.18. The highest BCUT2D eigenvalue weighted by Crippen LogP contribution is 2.48. The summed E-state index contributed by atoms with van der Waals surface area (Å²) >= 11 is 0. The summed E-state index contributed by atoms with van der Waals surface area (Å²) in [5.74, 6) is 2.36. The van der Waals surface area contributed by atoms with E-state index in [4.69, 9.17) is 14.6 Å². The first kappa shape index (κ1) is 22.5. The van der Waals surface area contributed by atoms with Gasteiger partial charge in [-0.15, -0.1) is 0 Å². The Morgan fingerprint density at radius 2 is 1.71 bits per heavy atom. The zero-order chi connectivity index (χ0) is 23.8. The summed E-state index contributed by atoms with van der Waals surface area (Å²) in [4.78, 5) is 13.9. The Hall–Kier alpha value is -3.26. The lowest BCUT2D eigenvalue weighted by atomic mass is 9.73. The fraction of sp³-hybridized carbons (Fsp3) is 0.462. The second-order valence-corrected chi connectivity index (χ2v) is 9.29. The molecule has 0 spiro atoms. The number of hydrogen-bond acceptors (Lipinski definition) is 6. The fourth-order valence-electron chi connectivity index (χ4n) is 5.68. The number of methoxy groups -OCH3 is 2. The Labute approximate surface area is 200 Å². The Morgan fingerprint density at radius 3 is 2.35 bits per heavy atom. The van der Waals surface area contributed by atoms with Gasteiger partial charge in [0.05, 0.1) is 25.9 Å². The molecule has 1 aliphatic carbocycles. The molecule has 0 bridgehead atoms. The number of ether oxygens (including phenoxy) is 2. The summed E-state index contributed by atoms with van der Waals surface area (Å²) in [6.07, 6.45) is 3.74. The monoisotopic (exact) mass is 464 g/mol. The molecule has 180 valence electrons. The van der Waals surface area contributed by atoms with Crippen molar-refractivity contribution in [3.63, 3.8) is 0 Å².